The Hall–Kier alpha value is -0.673. The lowest BCUT2D eigenvalue weighted by Gasteiger charge is -2.37. The Kier molecular flexibility index (Phi) is 7.03. The quantitative estimate of drug-likeness (QED) is 0.321. The summed E-state index contributed by atoms with van der Waals surface area (Å²) in [5, 5.41) is 0.268. The van der Waals surface area contributed by atoms with Crippen LogP contribution in [0.1, 0.15) is 66.7 Å². The average molecular weight is 337 g/mol. The Balaban J connectivity index is 2.61. The zero-order chi connectivity index (χ0) is 17.7. The molecule has 0 heterocycles. The number of allylic oxidation sites excluding steroid dienone is 4. The fourth-order valence-electron chi connectivity index (χ4n) is 2.66. The summed E-state index contributed by atoms with van der Waals surface area (Å²) < 4.78 is 6.31. The predicted octanol–water partition coefficient (Wildman–Crippen LogP) is 6.05. The molecule has 0 fully saturated rings. The molecule has 0 N–H and O–H groups in total. The van der Waals surface area contributed by atoms with E-state index in [1.165, 1.54) is 5.57 Å². The minimum Gasteiger partial charge on any atom is -0.417 e. The molecule has 0 aromatic rings. The number of hydrogen-bond donors (Lipinski definition) is 0. The molecule has 0 saturated carbocycles. The van der Waals surface area contributed by atoms with Gasteiger partial charge in [-0.05, 0) is 69.2 Å². The molecule has 1 rings (SSSR count). The van der Waals surface area contributed by atoms with Crippen LogP contribution < -0.4 is 0 Å². The van der Waals surface area contributed by atoms with Gasteiger partial charge in [0.1, 0.15) is 0 Å². The number of carbonyl (C=O) groups excluding carboxylic acids is 1. The van der Waals surface area contributed by atoms with Gasteiger partial charge in [0.25, 0.3) is 0 Å². The Morgan fingerprint density at radius 1 is 1.35 bits per heavy atom. The molecule has 1 unspecified atom stereocenters. The molecule has 2 nitrogen and oxygen atoms in total. The van der Waals surface area contributed by atoms with E-state index in [9.17, 15) is 4.79 Å². The standard InChI is InChI=1S/C20H36O2Si/c1-17(2)9-13-20(14-10-18(21)11-15-20)12-8-16-22-23(6,7)19(3,4)5/h9-10,14H,8,11-13,15-16H2,1-7H3. The highest BCUT2D eigenvalue weighted by atomic mass is 28.4. The van der Waals surface area contributed by atoms with Crippen molar-refractivity contribution in [1.29, 1.82) is 0 Å². The third-order valence-corrected chi connectivity index (χ3v) is 10.0. The second-order valence-corrected chi connectivity index (χ2v) is 13.7. The largest absolute Gasteiger partial charge is 0.417 e. The van der Waals surface area contributed by atoms with Gasteiger partial charge in [0, 0.05) is 13.0 Å². The second kappa shape index (κ2) is 7.93. The second-order valence-electron chi connectivity index (χ2n) is 8.86. The van der Waals surface area contributed by atoms with Gasteiger partial charge >= 0.3 is 0 Å². The summed E-state index contributed by atoms with van der Waals surface area (Å²) in [5.41, 5.74) is 1.51. The van der Waals surface area contributed by atoms with Crippen LogP contribution in [0, 0.1) is 5.41 Å². The van der Waals surface area contributed by atoms with Gasteiger partial charge in [-0.15, -0.1) is 0 Å². The number of rotatable bonds is 7. The molecule has 1 aliphatic rings. The first-order valence-electron chi connectivity index (χ1n) is 8.97. The molecule has 1 aliphatic carbocycles. The molecule has 3 heteroatoms. The molecule has 0 spiro atoms. The monoisotopic (exact) mass is 336 g/mol. The van der Waals surface area contributed by atoms with Gasteiger partial charge in [0.15, 0.2) is 14.1 Å². The molecular weight excluding hydrogens is 300 g/mol. The van der Waals surface area contributed by atoms with Crippen LogP contribution >= 0.6 is 0 Å². The van der Waals surface area contributed by atoms with E-state index in [1.807, 2.05) is 0 Å². The summed E-state index contributed by atoms with van der Waals surface area (Å²) in [5.74, 6) is 0.273. The van der Waals surface area contributed by atoms with Crippen molar-refractivity contribution in [2.75, 3.05) is 6.61 Å². The number of ketones is 1. The fourth-order valence-corrected chi connectivity index (χ4v) is 3.75. The minimum absolute atomic E-state index is 0.155. The summed E-state index contributed by atoms with van der Waals surface area (Å²) >= 11 is 0. The van der Waals surface area contributed by atoms with Crippen LogP contribution in [0.25, 0.3) is 0 Å². The highest BCUT2D eigenvalue weighted by Gasteiger charge is 2.37. The lowest BCUT2D eigenvalue weighted by Crippen LogP contribution is -2.41. The molecule has 0 bridgehead atoms. The van der Waals surface area contributed by atoms with Crippen LogP contribution in [-0.4, -0.2) is 20.7 Å². The van der Waals surface area contributed by atoms with Crippen molar-refractivity contribution in [2.24, 2.45) is 5.41 Å². The zero-order valence-electron chi connectivity index (χ0n) is 16.3. The minimum atomic E-state index is -1.65. The molecule has 23 heavy (non-hydrogen) atoms. The van der Waals surface area contributed by atoms with Gasteiger partial charge in [-0.1, -0.05) is 38.5 Å². The zero-order valence-corrected chi connectivity index (χ0v) is 17.3. The molecule has 132 valence electrons. The third kappa shape index (κ3) is 6.38. The van der Waals surface area contributed by atoms with Crippen molar-refractivity contribution in [3.8, 4) is 0 Å². The van der Waals surface area contributed by atoms with E-state index >= 15 is 0 Å². The summed E-state index contributed by atoms with van der Waals surface area (Å²) in [6.07, 6.45) is 11.2. The van der Waals surface area contributed by atoms with Crippen molar-refractivity contribution >= 4 is 14.1 Å². The van der Waals surface area contributed by atoms with E-state index in [0.29, 0.717) is 6.42 Å². The van der Waals surface area contributed by atoms with E-state index in [0.717, 1.165) is 32.3 Å². The van der Waals surface area contributed by atoms with Gasteiger partial charge < -0.3 is 4.43 Å². The lowest BCUT2D eigenvalue weighted by molar-refractivity contribution is -0.115. The van der Waals surface area contributed by atoms with Crippen LogP contribution in [0.2, 0.25) is 18.1 Å². The van der Waals surface area contributed by atoms with E-state index in [-0.39, 0.29) is 16.2 Å². The maximum absolute atomic E-state index is 11.5. The maximum Gasteiger partial charge on any atom is 0.191 e. The van der Waals surface area contributed by atoms with Crippen LogP contribution in [0.15, 0.2) is 23.8 Å². The van der Waals surface area contributed by atoms with Gasteiger partial charge in [-0.25, -0.2) is 0 Å². The Morgan fingerprint density at radius 2 is 2.00 bits per heavy atom. The van der Waals surface area contributed by atoms with Crippen LogP contribution in [-0.2, 0) is 9.22 Å². The smallest absolute Gasteiger partial charge is 0.191 e. The lowest BCUT2D eigenvalue weighted by atomic mass is 9.72. The first kappa shape index (κ1) is 20.4. The maximum atomic E-state index is 11.5. The van der Waals surface area contributed by atoms with E-state index in [2.05, 4.69) is 59.9 Å². The van der Waals surface area contributed by atoms with Gasteiger partial charge in [-0.2, -0.15) is 0 Å². The van der Waals surface area contributed by atoms with Crippen LogP contribution in [0.5, 0.6) is 0 Å². The number of hydrogen-bond acceptors (Lipinski definition) is 2. The molecule has 0 aromatic carbocycles. The Morgan fingerprint density at radius 3 is 2.48 bits per heavy atom. The normalized spacial score (nSPS) is 22.3. The fraction of sp³-hybridized carbons (Fsp3) is 0.750. The van der Waals surface area contributed by atoms with Crippen molar-refractivity contribution in [1.82, 2.24) is 0 Å². The highest BCUT2D eigenvalue weighted by molar-refractivity contribution is 6.74. The average Bonchev–Trinajstić information content (AvgIpc) is 2.43. The van der Waals surface area contributed by atoms with Crippen molar-refractivity contribution in [3.63, 3.8) is 0 Å². The SMILES string of the molecule is CC(C)=CCC1(CCCO[Si](C)(C)C(C)(C)C)C=CC(=O)CC1. The van der Waals surface area contributed by atoms with Gasteiger partial charge in [0.2, 0.25) is 0 Å². The van der Waals surface area contributed by atoms with E-state index in [4.69, 9.17) is 4.43 Å². The summed E-state index contributed by atoms with van der Waals surface area (Å²) in [7, 11) is -1.65. The first-order chi connectivity index (χ1) is 10.5. The Labute approximate surface area is 144 Å². The molecule has 0 amide bonds. The van der Waals surface area contributed by atoms with Crippen molar-refractivity contribution in [2.45, 2.75) is 84.9 Å². The van der Waals surface area contributed by atoms with E-state index in [1.54, 1.807) is 6.08 Å². The first-order valence-corrected chi connectivity index (χ1v) is 11.9. The molecule has 1 atom stereocenters. The third-order valence-electron chi connectivity index (χ3n) is 5.50. The molecule has 0 aromatic heterocycles. The molecule has 0 saturated heterocycles. The van der Waals surface area contributed by atoms with Gasteiger partial charge in [0.05, 0.1) is 0 Å². The van der Waals surface area contributed by atoms with Crippen molar-refractivity contribution in [3.05, 3.63) is 23.8 Å². The van der Waals surface area contributed by atoms with Crippen LogP contribution in [0.3, 0.4) is 0 Å². The molecule has 0 aliphatic heterocycles. The highest BCUT2D eigenvalue weighted by Crippen LogP contribution is 2.40. The van der Waals surface area contributed by atoms with Gasteiger partial charge in [-0.3, -0.25) is 4.79 Å². The predicted molar refractivity (Wildman–Crippen MR) is 102 cm³/mol. The molecular formula is C20H36O2Si. The van der Waals surface area contributed by atoms with Crippen LogP contribution in [0.4, 0.5) is 0 Å². The topological polar surface area (TPSA) is 26.3 Å². The van der Waals surface area contributed by atoms with E-state index < -0.39 is 8.32 Å². The summed E-state index contributed by atoms with van der Waals surface area (Å²) in [6, 6.07) is 0. The number of carbonyl (C=O) groups is 1. The van der Waals surface area contributed by atoms with Crippen molar-refractivity contribution < 1.29 is 9.22 Å². The Bertz CT molecular complexity index is 465. The summed E-state index contributed by atoms with van der Waals surface area (Å²) in [6.45, 7) is 16.6. The summed E-state index contributed by atoms with van der Waals surface area (Å²) in [4.78, 5) is 11.5. The molecule has 0 radical (unpaired) electrons.